The van der Waals surface area contributed by atoms with Crippen LogP contribution in [0.15, 0.2) is 23.1 Å². The molecule has 1 rings (SSSR count). The van der Waals surface area contributed by atoms with E-state index in [1.54, 1.807) is 13.8 Å². The predicted octanol–water partition coefficient (Wildman–Crippen LogP) is 0.343. The van der Waals surface area contributed by atoms with Crippen molar-refractivity contribution >= 4 is 45.6 Å². The summed E-state index contributed by atoms with van der Waals surface area (Å²) in [5.74, 6) is -2.04. The number of aromatic hydroxyl groups is 1. The van der Waals surface area contributed by atoms with Gasteiger partial charge in [-0.25, -0.2) is 4.79 Å². The molecule has 0 aromatic heterocycles. The zero-order valence-electron chi connectivity index (χ0n) is 10.7. The molecular weight excluding hydrogens is 287 g/mol. The Morgan fingerprint density at radius 2 is 1.68 bits per heavy atom. The Balaban J connectivity index is 0. The summed E-state index contributed by atoms with van der Waals surface area (Å²) in [6.07, 6.45) is -0.167. The van der Waals surface area contributed by atoms with E-state index in [-0.39, 0.29) is 35.7 Å². The minimum atomic E-state index is -4.45. The fraction of sp³-hybridized carbons (Fsp3) is 0.300. The minimum Gasteiger partial charge on any atom is -0.507 e. The molecule has 0 aliphatic heterocycles. The van der Waals surface area contributed by atoms with Crippen LogP contribution in [-0.2, 0) is 10.1 Å². The molecule has 0 unspecified atom stereocenters. The van der Waals surface area contributed by atoms with Crippen molar-refractivity contribution in [2.75, 3.05) is 0 Å². The van der Waals surface area contributed by atoms with E-state index >= 15 is 0 Å². The number of aliphatic hydroxyl groups excluding tert-OH is 1. The first-order valence-electron chi connectivity index (χ1n) is 4.77. The number of benzene rings is 1. The first kappa shape index (κ1) is 20.7. The number of aromatic carboxylic acids is 1. The zero-order valence-corrected chi connectivity index (χ0v) is 13.5. The number of hydrogen-bond donors (Lipinski definition) is 4. The Hall–Kier alpha value is -0.640. The van der Waals surface area contributed by atoms with Gasteiger partial charge in [0.1, 0.15) is 11.3 Å². The molecule has 1 radical (unpaired) electrons. The molecule has 0 fully saturated rings. The Labute approximate surface area is 132 Å². The van der Waals surface area contributed by atoms with Gasteiger partial charge in [0, 0.05) is 35.7 Å². The van der Waals surface area contributed by atoms with E-state index < -0.39 is 32.3 Å². The Morgan fingerprint density at radius 3 is 2.00 bits per heavy atom. The molecular formula is C10H14NaO7S. The van der Waals surface area contributed by atoms with E-state index in [2.05, 4.69) is 0 Å². The number of carboxylic acid groups (broad SMARTS) is 1. The van der Waals surface area contributed by atoms with Crippen molar-refractivity contribution in [1.82, 2.24) is 0 Å². The van der Waals surface area contributed by atoms with Crippen molar-refractivity contribution in [2.24, 2.45) is 0 Å². The van der Waals surface area contributed by atoms with E-state index in [0.29, 0.717) is 6.07 Å². The maximum atomic E-state index is 10.6. The van der Waals surface area contributed by atoms with Gasteiger partial charge in [-0.2, -0.15) is 8.42 Å². The third-order valence-corrected chi connectivity index (χ3v) is 2.35. The van der Waals surface area contributed by atoms with Gasteiger partial charge < -0.3 is 15.3 Å². The van der Waals surface area contributed by atoms with Gasteiger partial charge in [0.05, 0.1) is 4.90 Å². The van der Waals surface area contributed by atoms with Gasteiger partial charge in [-0.1, -0.05) is 0 Å². The van der Waals surface area contributed by atoms with Crippen LogP contribution in [0.25, 0.3) is 0 Å². The van der Waals surface area contributed by atoms with Gasteiger partial charge in [-0.15, -0.1) is 0 Å². The maximum Gasteiger partial charge on any atom is 0.339 e. The Kier molecular flexibility index (Phi) is 9.26. The third-order valence-electron chi connectivity index (χ3n) is 1.50. The first-order chi connectivity index (χ1) is 8.05. The topological polar surface area (TPSA) is 132 Å². The molecule has 1 aromatic rings. The van der Waals surface area contributed by atoms with Crippen LogP contribution < -0.4 is 0 Å². The third kappa shape index (κ3) is 8.19. The summed E-state index contributed by atoms with van der Waals surface area (Å²) in [7, 11) is -4.45. The summed E-state index contributed by atoms with van der Waals surface area (Å²) in [5.41, 5.74) is -0.583. The van der Waals surface area contributed by atoms with E-state index in [9.17, 15) is 13.2 Å². The van der Waals surface area contributed by atoms with Crippen LogP contribution in [-0.4, -0.2) is 69.9 Å². The quantitative estimate of drug-likeness (QED) is 0.457. The van der Waals surface area contributed by atoms with Crippen molar-refractivity contribution in [3.63, 3.8) is 0 Å². The van der Waals surface area contributed by atoms with Crippen molar-refractivity contribution < 1.29 is 33.1 Å². The van der Waals surface area contributed by atoms with Crippen LogP contribution in [0.3, 0.4) is 0 Å². The van der Waals surface area contributed by atoms with Gasteiger partial charge in [-0.05, 0) is 32.0 Å². The second kappa shape index (κ2) is 8.51. The summed E-state index contributed by atoms with van der Waals surface area (Å²) in [4.78, 5) is 9.89. The summed E-state index contributed by atoms with van der Waals surface area (Å²) >= 11 is 0. The van der Waals surface area contributed by atoms with Crippen molar-refractivity contribution in [3.8, 4) is 5.75 Å². The molecule has 103 valence electrons. The van der Waals surface area contributed by atoms with Crippen LogP contribution in [0.5, 0.6) is 5.75 Å². The van der Waals surface area contributed by atoms with Crippen LogP contribution in [0.2, 0.25) is 0 Å². The fourth-order valence-electron chi connectivity index (χ4n) is 0.847. The standard InChI is InChI=1S/C7H6O6S.C3H8O.Na/c8-6-2-1-4(14(11,12)13)3-5(6)7(9)10;1-3(2)4;/h1-3,8H,(H,9,10)(H,11,12,13);3-4H,1-2H3;. The number of carbonyl (C=O) groups is 1. The Bertz CT molecular complexity index is 522. The van der Waals surface area contributed by atoms with Gasteiger partial charge in [0.15, 0.2) is 0 Å². The summed E-state index contributed by atoms with van der Waals surface area (Å²) in [6.45, 7) is 3.44. The monoisotopic (exact) mass is 301 g/mol. The fourth-order valence-corrected chi connectivity index (χ4v) is 1.35. The van der Waals surface area contributed by atoms with E-state index in [1.807, 2.05) is 0 Å². The summed E-state index contributed by atoms with van der Waals surface area (Å²) < 4.78 is 29.8. The zero-order chi connectivity index (χ0) is 14.5. The van der Waals surface area contributed by atoms with E-state index in [4.69, 9.17) is 19.9 Å². The normalized spacial score (nSPS) is 10.2. The number of phenols is 1. The van der Waals surface area contributed by atoms with Crippen LogP contribution in [0.4, 0.5) is 0 Å². The number of carboxylic acids is 1. The second-order valence-corrected chi connectivity index (χ2v) is 4.97. The Morgan fingerprint density at radius 1 is 1.26 bits per heavy atom. The second-order valence-electron chi connectivity index (χ2n) is 3.55. The molecule has 1 aromatic carbocycles. The molecule has 0 bridgehead atoms. The molecule has 0 spiro atoms. The van der Waals surface area contributed by atoms with Gasteiger partial charge in [-0.3, -0.25) is 4.55 Å². The number of rotatable bonds is 2. The first-order valence-corrected chi connectivity index (χ1v) is 6.21. The molecule has 0 saturated heterocycles. The van der Waals surface area contributed by atoms with Crippen LogP contribution >= 0.6 is 0 Å². The number of hydrogen-bond acceptors (Lipinski definition) is 5. The molecule has 0 aliphatic carbocycles. The van der Waals surface area contributed by atoms with Gasteiger partial charge >= 0.3 is 5.97 Å². The van der Waals surface area contributed by atoms with E-state index in [0.717, 1.165) is 12.1 Å². The SMILES string of the molecule is CC(C)O.O=C(O)c1cc(S(=O)(=O)O)ccc1O.[Na]. The van der Waals surface area contributed by atoms with Crippen LogP contribution in [0.1, 0.15) is 24.2 Å². The van der Waals surface area contributed by atoms with Crippen molar-refractivity contribution in [2.45, 2.75) is 24.8 Å². The molecule has 0 amide bonds. The number of aliphatic hydroxyl groups is 1. The summed E-state index contributed by atoms with van der Waals surface area (Å²) in [6, 6.07) is 2.46. The minimum absolute atomic E-state index is 0. The predicted molar refractivity (Wildman–Crippen MR) is 68.0 cm³/mol. The molecule has 7 nitrogen and oxygen atoms in total. The van der Waals surface area contributed by atoms with Gasteiger partial charge in [0.25, 0.3) is 10.1 Å². The van der Waals surface area contributed by atoms with Crippen LogP contribution in [0, 0.1) is 0 Å². The molecule has 0 aliphatic rings. The molecule has 9 heteroatoms. The molecule has 0 saturated carbocycles. The van der Waals surface area contributed by atoms with E-state index in [1.165, 1.54) is 0 Å². The molecule has 4 N–H and O–H groups in total. The average molecular weight is 301 g/mol. The van der Waals surface area contributed by atoms with Gasteiger partial charge in [0.2, 0.25) is 0 Å². The summed E-state index contributed by atoms with van der Waals surface area (Å²) in [5, 5.41) is 25.6. The van der Waals surface area contributed by atoms with Crippen molar-refractivity contribution in [1.29, 1.82) is 0 Å². The average Bonchev–Trinajstić information content (AvgIpc) is 2.14. The largest absolute Gasteiger partial charge is 0.507 e. The maximum absolute atomic E-state index is 10.6. The molecule has 0 atom stereocenters. The smallest absolute Gasteiger partial charge is 0.339 e. The molecule has 0 heterocycles. The van der Waals surface area contributed by atoms with Crippen molar-refractivity contribution in [3.05, 3.63) is 23.8 Å². The molecule has 19 heavy (non-hydrogen) atoms.